The lowest BCUT2D eigenvalue weighted by Gasteiger charge is -2.35. The number of piperazine rings is 1. The van der Waals surface area contributed by atoms with E-state index in [4.69, 9.17) is 4.42 Å². The first-order valence-corrected chi connectivity index (χ1v) is 9.10. The molecule has 2 aromatic rings. The average Bonchev–Trinajstić information content (AvgIpc) is 3.27. The van der Waals surface area contributed by atoms with E-state index in [9.17, 15) is 14.7 Å². The highest BCUT2D eigenvalue weighted by atomic mass is 16.3. The molecule has 1 atom stereocenters. The highest BCUT2D eigenvalue weighted by Gasteiger charge is 2.51. The molecule has 0 radical (unpaired) electrons. The van der Waals surface area contributed by atoms with Crippen molar-refractivity contribution in [1.82, 2.24) is 9.80 Å². The number of carbonyl (C=O) groups is 2. The van der Waals surface area contributed by atoms with Gasteiger partial charge in [0.1, 0.15) is 0 Å². The van der Waals surface area contributed by atoms with Gasteiger partial charge >= 0.3 is 0 Å². The molecule has 1 aromatic carbocycles. The second-order valence-electron chi connectivity index (χ2n) is 7.25. The summed E-state index contributed by atoms with van der Waals surface area (Å²) >= 11 is 0. The van der Waals surface area contributed by atoms with Crippen LogP contribution in [0.1, 0.15) is 22.5 Å². The van der Waals surface area contributed by atoms with Crippen LogP contribution < -0.4 is 4.90 Å². The second-order valence-corrected chi connectivity index (χ2v) is 7.25. The van der Waals surface area contributed by atoms with Crippen LogP contribution in [-0.2, 0) is 10.4 Å². The lowest BCUT2D eigenvalue weighted by atomic mass is 9.89. The topological polar surface area (TPSA) is 77.2 Å². The number of ketones is 1. The summed E-state index contributed by atoms with van der Waals surface area (Å²) in [4.78, 5) is 31.7. The van der Waals surface area contributed by atoms with Gasteiger partial charge in [-0.05, 0) is 25.2 Å². The van der Waals surface area contributed by atoms with Gasteiger partial charge in [0.05, 0.1) is 25.0 Å². The molecule has 2 aliphatic heterocycles. The van der Waals surface area contributed by atoms with Crippen molar-refractivity contribution in [3.05, 3.63) is 54.0 Å². The quantitative estimate of drug-likeness (QED) is 0.801. The van der Waals surface area contributed by atoms with E-state index < -0.39 is 17.3 Å². The van der Waals surface area contributed by atoms with E-state index in [0.29, 0.717) is 17.9 Å². The molecule has 4 rings (SSSR count). The van der Waals surface area contributed by atoms with E-state index in [0.717, 1.165) is 26.2 Å². The maximum absolute atomic E-state index is 13.2. The van der Waals surface area contributed by atoms with Crippen LogP contribution in [0.4, 0.5) is 5.69 Å². The molecule has 142 valence electrons. The number of nitrogens with zero attached hydrogens (tertiary/aromatic N) is 3. The van der Waals surface area contributed by atoms with Crippen molar-refractivity contribution >= 4 is 17.4 Å². The molecule has 7 nitrogen and oxygen atoms in total. The van der Waals surface area contributed by atoms with Crippen molar-refractivity contribution in [2.45, 2.75) is 12.0 Å². The summed E-state index contributed by atoms with van der Waals surface area (Å²) in [6, 6.07) is 10.3. The van der Waals surface area contributed by atoms with E-state index >= 15 is 0 Å². The number of hydrogen-bond acceptors (Lipinski definition) is 6. The number of Topliss-reactive ketones (excluding diaryl/α,β-unsaturated/α-hetero) is 1. The number of para-hydroxylation sites is 1. The van der Waals surface area contributed by atoms with E-state index in [1.54, 1.807) is 29.2 Å². The largest absolute Gasteiger partial charge is 0.461 e. The Labute approximate surface area is 157 Å². The van der Waals surface area contributed by atoms with Crippen LogP contribution in [-0.4, -0.2) is 66.5 Å². The van der Waals surface area contributed by atoms with Crippen LogP contribution in [0, 0.1) is 0 Å². The lowest BCUT2D eigenvalue weighted by Crippen LogP contribution is -2.51. The van der Waals surface area contributed by atoms with E-state index in [1.165, 1.54) is 6.26 Å². The molecule has 1 amide bonds. The highest BCUT2D eigenvalue weighted by molar-refractivity contribution is 6.10. The Morgan fingerprint density at radius 1 is 1.15 bits per heavy atom. The SMILES string of the molecule is CN1CCN(CN2C(=O)C(O)(CC(=O)c3ccco3)c3ccccc32)CC1. The standard InChI is InChI=1S/C20H23N3O4/c1-21-8-10-22(11-9-21)14-23-16-6-3-2-5-15(16)20(26,19(23)25)13-17(24)18-7-4-12-27-18/h2-7,12,26H,8-11,13-14H2,1H3. The van der Waals surface area contributed by atoms with Gasteiger partial charge in [-0.25, -0.2) is 0 Å². The van der Waals surface area contributed by atoms with Gasteiger partial charge < -0.3 is 14.4 Å². The van der Waals surface area contributed by atoms with Crippen molar-refractivity contribution in [1.29, 1.82) is 0 Å². The van der Waals surface area contributed by atoms with Gasteiger partial charge in [0.2, 0.25) is 5.78 Å². The molecule has 1 saturated heterocycles. The van der Waals surface area contributed by atoms with Crippen molar-refractivity contribution in [3.8, 4) is 0 Å². The monoisotopic (exact) mass is 369 g/mol. The molecule has 0 aliphatic carbocycles. The molecule has 1 fully saturated rings. The van der Waals surface area contributed by atoms with Gasteiger partial charge in [0, 0.05) is 31.7 Å². The zero-order valence-electron chi connectivity index (χ0n) is 15.3. The number of furan rings is 1. The molecule has 2 aliphatic rings. The smallest absolute Gasteiger partial charge is 0.265 e. The number of likely N-dealkylation sites (N-methyl/N-ethyl adjacent to an activating group) is 1. The molecular weight excluding hydrogens is 346 g/mol. The predicted octanol–water partition coefficient (Wildman–Crippen LogP) is 1.29. The third-order valence-corrected chi connectivity index (χ3v) is 5.39. The van der Waals surface area contributed by atoms with E-state index in [-0.39, 0.29) is 12.2 Å². The third kappa shape index (κ3) is 3.18. The summed E-state index contributed by atoms with van der Waals surface area (Å²) in [5, 5.41) is 11.2. The maximum atomic E-state index is 13.2. The van der Waals surface area contributed by atoms with Crippen molar-refractivity contribution in [3.63, 3.8) is 0 Å². The molecule has 1 unspecified atom stereocenters. The van der Waals surface area contributed by atoms with Gasteiger partial charge in [-0.15, -0.1) is 0 Å². The van der Waals surface area contributed by atoms with Crippen LogP contribution in [0.15, 0.2) is 47.1 Å². The van der Waals surface area contributed by atoms with Crippen LogP contribution in [0.5, 0.6) is 0 Å². The third-order valence-electron chi connectivity index (χ3n) is 5.39. The zero-order valence-corrected chi connectivity index (χ0v) is 15.3. The molecule has 1 aromatic heterocycles. The molecule has 7 heteroatoms. The number of carbonyl (C=O) groups excluding carboxylic acids is 2. The van der Waals surface area contributed by atoms with Gasteiger partial charge in [-0.1, -0.05) is 18.2 Å². The predicted molar refractivity (Wildman–Crippen MR) is 99.4 cm³/mol. The van der Waals surface area contributed by atoms with Gasteiger partial charge in [-0.2, -0.15) is 0 Å². The summed E-state index contributed by atoms with van der Waals surface area (Å²) in [5.41, 5.74) is -0.729. The first-order chi connectivity index (χ1) is 13.0. The van der Waals surface area contributed by atoms with Crippen LogP contribution >= 0.6 is 0 Å². The fraction of sp³-hybridized carbons (Fsp3) is 0.400. The van der Waals surface area contributed by atoms with Crippen molar-refractivity contribution in [2.24, 2.45) is 0 Å². The minimum Gasteiger partial charge on any atom is -0.461 e. The summed E-state index contributed by atoms with van der Waals surface area (Å²) in [7, 11) is 2.08. The number of anilines is 1. The Bertz CT molecular complexity index is 843. The Balaban J connectivity index is 1.60. The number of rotatable bonds is 5. The van der Waals surface area contributed by atoms with Crippen LogP contribution in [0.2, 0.25) is 0 Å². The molecule has 27 heavy (non-hydrogen) atoms. The molecule has 0 saturated carbocycles. The van der Waals surface area contributed by atoms with Crippen molar-refractivity contribution in [2.75, 3.05) is 44.8 Å². The van der Waals surface area contributed by atoms with Gasteiger partial charge in [0.25, 0.3) is 5.91 Å². The van der Waals surface area contributed by atoms with Crippen LogP contribution in [0.3, 0.4) is 0 Å². The first-order valence-electron chi connectivity index (χ1n) is 9.10. The Hall–Kier alpha value is -2.48. The summed E-state index contributed by atoms with van der Waals surface area (Å²) < 4.78 is 5.13. The van der Waals surface area contributed by atoms with Crippen molar-refractivity contribution < 1.29 is 19.1 Å². The summed E-state index contributed by atoms with van der Waals surface area (Å²) in [6.45, 7) is 3.98. The fourth-order valence-electron chi connectivity index (χ4n) is 3.76. The average molecular weight is 369 g/mol. The molecule has 1 N–H and O–H groups in total. The van der Waals surface area contributed by atoms with E-state index in [2.05, 4.69) is 16.8 Å². The van der Waals surface area contributed by atoms with Gasteiger partial charge in [-0.3, -0.25) is 19.4 Å². The zero-order chi connectivity index (χ0) is 19.0. The number of amides is 1. The first kappa shape index (κ1) is 17.9. The normalized spacial score (nSPS) is 23.6. The van der Waals surface area contributed by atoms with Gasteiger partial charge in [0.15, 0.2) is 11.4 Å². The minimum atomic E-state index is -1.87. The van der Waals surface area contributed by atoms with Crippen LogP contribution in [0.25, 0.3) is 0 Å². The number of benzene rings is 1. The highest BCUT2D eigenvalue weighted by Crippen LogP contribution is 2.42. The second kappa shape index (κ2) is 6.92. The summed E-state index contributed by atoms with van der Waals surface area (Å²) in [6.07, 6.45) is 1.07. The molecular formula is C20H23N3O4. The number of fused-ring (bicyclic) bond motifs is 1. The maximum Gasteiger partial charge on any atom is 0.265 e. The molecule has 3 heterocycles. The number of hydrogen-bond donors (Lipinski definition) is 1. The number of aliphatic hydroxyl groups is 1. The fourth-order valence-corrected chi connectivity index (χ4v) is 3.76. The van der Waals surface area contributed by atoms with E-state index in [1.807, 2.05) is 12.1 Å². The Morgan fingerprint density at radius 3 is 2.59 bits per heavy atom. The molecule has 0 spiro atoms. The Morgan fingerprint density at radius 2 is 1.89 bits per heavy atom. The molecule has 0 bridgehead atoms. The Kier molecular flexibility index (Phi) is 4.59. The minimum absolute atomic E-state index is 0.145. The lowest BCUT2D eigenvalue weighted by molar-refractivity contribution is -0.136. The summed E-state index contributed by atoms with van der Waals surface area (Å²) in [5.74, 6) is -0.708.